The predicted octanol–water partition coefficient (Wildman–Crippen LogP) is 3.83. The maximum absolute atomic E-state index is 4.85. The Bertz CT molecular complexity index is 866. The highest BCUT2D eigenvalue weighted by Crippen LogP contribution is 2.51. The van der Waals surface area contributed by atoms with Crippen LogP contribution in [0.4, 0.5) is 5.82 Å². The Hall–Kier alpha value is -1.52. The molecule has 174 valence electrons. The Balaban J connectivity index is 0.00000289. The third-order valence-electron chi connectivity index (χ3n) is 5.86. The van der Waals surface area contributed by atoms with Crippen LogP contribution in [0, 0.1) is 0 Å². The van der Waals surface area contributed by atoms with Gasteiger partial charge in [-0.25, -0.2) is 9.98 Å². The van der Waals surface area contributed by atoms with Gasteiger partial charge in [-0.3, -0.25) is 0 Å². The molecule has 2 aliphatic rings. The monoisotopic (exact) mass is 566 g/mol. The van der Waals surface area contributed by atoms with Crippen LogP contribution in [0.2, 0.25) is 0 Å². The Labute approximate surface area is 213 Å². The van der Waals surface area contributed by atoms with Gasteiger partial charge in [0.1, 0.15) is 5.82 Å². The number of pyridine rings is 1. The Kier molecular flexibility index (Phi) is 9.48. The number of rotatable bonds is 8. The van der Waals surface area contributed by atoms with E-state index >= 15 is 0 Å². The molecule has 1 aromatic carbocycles. The van der Waals surface area contributed by atoms with Gasteiger partial charge in [-0.2, -0.15) is 0 Å². The summed E-state index contributed by atoms with van der Waals surface area (Å²) < 4.78 is 0.294. The fourth-order valence-corrected chi connectivity index (χ4v) is 4.96. The van der Waals surface area contributed by atoms with E-state index in [2.05, 4.69) is 81.9 Å². The van der Waals surface area contributed by atoms with Gasteiger partial charge in [0.05, 0.1) is 6.54 Å². The van der Waals surface area contributed by atoms with Gasteiger partial charge < -0.3 is 20.4 Å². The van der Waals surface area contributed by atoms with E-state index < -0.39 is 0 Å². The van der Waals surface area contributed by atoms with Crippen molar-refractivity contribution in [2.45, 2.75) is 36.0 Å². The zero-order chi connectivity index (χ0) is 21.5. The summed E-state index contributed by atoms with van der Waals surface area (Å²) in [5.41, 5.74) is 1.20. The summed E-state index contributed by atoms with van der Waals surface area (Å²) in [6, 6.07) is 15.0. The van der Waals surface area contributed by atoms with Crippen molar-refractivity contribution in [3.05, 3.63) is 54.2 Å². The molecule has 0 unspecified atom stereocenters. The summed E-state index contributed by atoms with van der Waals surface area (Å²) in [4.78, 5) is 15.5. The number of guanidine groups is 1. The number of anilines is 1. The molecular weight excluding hydrogens is 531 g/mol. The van der Waals surface area contributed by atoms with Crippen molar-refractivity contribution in [2.75, 3.05) is 51.2 Å². The molecule has 2 N–H and O–H groups in total. The first-order chi connectivity index (χ1) is 15.2. The molecule has 0 radical (unpaired) electrons. The lowest BCUT2D eigenvalue weighted by Gasteiger charge is -2.33. The average molecular weight is 567 g/mol. The molecule has 0 amide bonds. The second-order valence-corrected chi connectivity index (χ2v) is 10.0. The van der Waals surface area contributed by atoms with Crippen molar-refractivity contribution in [3.8, 4) is 0 Å². The molecule has 1 saturated heterocycles. The van der Waals surface area contributed by atoms with Gasteiger partial charge in [0.15, 0.2) is 5.96 Å². The summed E-state index contributed by atoms with van der Waals surface area (Å²) in [6.45, 7) is 8.78. The number of halogens is 1. The molecule has 1 aromatic heterocycles. The smallest absolute Gasteiger partial charge is 0.191 e. The number of nitrogens with zero attached hydrogens (tertiary/aromatic N) is 4. The van der Waals surface area contributed by atoms with E-state index in [4.69, 9.17) is 4.99 Å². The summed E-state index contributed by atoms with van der Waals surface area (Å²) in [5.74, 6) is 1.95. The van der Waals surface area contributed by atoms with E-state index in [1.54, 1.807) is 0 Å². The minimum atomic E-state index is 0. The van der Waals surface area contributed by atoms with E-state index in [0.717, 1.165) is 51.0 Å². The molecule has 2 aromatic rings. The van der Waals surface area contributed by atoms with Crippen LogP contribution in [0.3, 0.4) is 0 Å². The van der Waals surface area contributed by atoms with Crippen LogP contribution in [0.25, 0.3) is 0 Å². The van der Waals surface area contributed by atoms with Crippen LogP contribution in [-0.4, -0.2) is 66.9 Å². The van der Waals surface area contributed by atoms with Gasteiger partial charge in [-0.05, 0) is 56.6 Å². The van der Waals surface area contributed by atoms with Crippen LogP contribution in [0.1, 0.15) is 25.3 Å². The number of aliphatic imine (C=N–C) groups is 1. The quantitative estimate of drug-likeness (QED) is 0.288. The van der Waals surface area contributed by atoms with Gasteiger partial charge in [-0.15, -0.1) is 35.7 Å². The first-order valence-electron chi connectivity index (χ1n) is 11.3. The molecule has 0 spiro atoms. The summed E-state index contributed by atoms with van der Waals surface area (Å²) in [7, 11) is 2.18. The molecule has 2 fully saturated rings. The van der Waals surface area contributed by atoms with Crippen molar-refractivity contribution in [1.29, 1.82) is 0 Å². The third-order valence-corrected chi connectivity index (χ3v) is 7.36. The number of piperazine rings is 1. The number of hydrogen-bond acceptors (Lipinski definition) is 5. The molecular formula is C24H35IN6S. The third kappa shape index (κ3) is 7.25. The molecule has 0 bridgehead atoms. The molecule has 1 aliphatic carbocycles. The van der Waals surface area contributed by atoms with Gasteiger partial charge in [-0.1, -0.05) is 18.2 Å². The second kappa shape index (κ2) is 12.1. The van der Waals surface area contributed by atoms with E-state index in [9.17, 15) is 0 Å². The second-order valence-electron chi connectivity index (χ2n) is 8.46. The summed E-state index contributed by atoms with van der Waals surface area (Å²) in [5, 5.41) is 6.98. The molecule has 4 rings (SSSR count). The SMILES string of the molecule is CCNC(=NCc1ccnc(N2CCN(C)CC2)c1)NCC1(Sc2ccccc2)CC1.I. The van der Waals surface area contributed by atoms with E-state index in [0.29, 0.717) is 11.3 Å². The molecule has 8 heteroatoms. The van der Waals surface area contributed by atoms with Crippen LogP contribution >= 0.6 is 35.7 Å². The van der Waals surface area contributed by atoms with Gasteiger partial charge in [0.25, 0.3) is 0 Å². The molecule has 0 atom stereocenters. The standard InChI is InChI=1S/C24H34N6S.HI/c1-3-25-23(28-19-24(10-11-24)31-21-7-5-4-6-8-21)27-18-20-9-12-26-22(17-20)30-15-13-29(2)14-16-30;/h4-9,12,17H,3,10-11,13-16,18-19H2,1-2H3,(H2,25,27,28);1H. The topological polar surface area (TPSA) is 55.8 Å². The fraction of sp³-hybridized carbons (Fsp3) is 0.500. The number of aromatic nitrogens is 1. The van der Waals surface area contributed by atoms with Gasteiger partial charge >= 0.3 is 0 Å². The van der Waals surface area contributed by atoms with Gasteiger partial charge in [0.2, 0.25) is 0 Å². The van der Waals surface area contributed by atoms with E-state index in [1.807, 2.05) is 18.0 Å². The largest absolute Gasteiger partial charge is 0.357 e. The van der Waals surface area contributed by atoms with Crippen LogP contribution in [-0.2, 0) is 6.54 Å². The van der Waals surface area contributed by atoms with E-state index in [-0.39, 0.29) is 24.0 Å². The summed E-state index contributed by atoms with van der Waals surface area (Å²) in [6.07, 6.45) is 4.41. The van der Waals surface area contributed by atoms with Crippen molar-refractivity contribution < 1.29 is 0 Å². The first kappa shape index (κ1) is 25.1. The number of hydrogen-bond donors (Lipinski definition) is 2. The highest BCUT2D eigenvalue weighted by molar-refractivity contribution is 14.0. The number of nitrogens with one attached hydrogen (secondary N) is 2. The van der Waals surface area contributed by atoms with Crippen molar-refractivity contribution >= 4 is 47.5 Å². The van der Waals surface area contributed by atoms with Crippen molar-refractivity contribution in [1.82, 2.24) is 20.5 Å². The zero-order valence-electron chi connectivity index (χ0n) is 19.1. The molecule has 1 aliphatic heterocycles. The average Bonchev–Trinajstić information content (AvgIpc) is 3.56. The molecule has 2 heterocycles. The highest BCUT2D eigenvalue weighted by atomic mass is 127. The first-order valence-corrected chi connectivity index (χ1v) is 12.1. The summed E-state index contributed by atoms with van der Waals surface area (Å²) >= 11 is 1.99. The maximum atomic E-state index is 4.85. The highest BCUT2D eigenvalue weighted by Gasteiger charge is 2.43. The number of thioether (sulfide) groups is 1. The zero-order valence-corrected chi connectivity index (χ0v) is 22.2. The number of benzene rings is 1. The fourth-order valence-electron chi connectivity index (χ4n) is 3.72. The maximum Gasteiger partial charge on any atom is 0.191 e. The molecule has 1 saturated carbocycles. The predicted molar refractivity (Wildman–Crippen MR) is 146 cm³/mol. The van der Waals surface area contributed by atoms with Gasteiger partial charge in [0, 0.05) is 55.1 Å². The number of likely N-dealkylation sites (N-methyl/N-ethyl adjacent to an activating group) is 1. The van der Waals surface area contributed by atoms with Crippen LogP contribution in [0.15, 0.2) is 58.5 Å². The minimum Gasteiger partial charge on any atom is -0.357 e. The molecule has 6 nitrogen and oxygen atoms in total. The lowest BCUT2D eigenvalue weighted by Crippen LogP contribution is -2.44. The van der Waals surface area contributed by atoms with Crippen molar-refractivity contribution in [3.63, 3.8) is 0 Å². The van der Waals surface area contributed by atoms with Crippen LogP contribution < -0.4 is 15.5 Å². The Morgan fingerprint density at radius 2 is 1.84 bits per heavy atom. The minimum absolute atomic E-state index is 0. The lowest BCUT2D eigenvalue weighted by atomic mass is 10.2. The van der Waals surface area contributed by atoms with Crippen LogP contribution in [0.5, 0.6) is 0 Å². The van der Waals surface area contributed by atoms with E-state index in [1.165, 1.54) is 23.3 Å². The molecule has 32 heavy (non-hydrogen) atoms. The van der Waals surface area contributed by atoms with Crippen molar-refractivity contribution in [2.24, 2.45) is 4.99 Å². The Morgan fingerprint density at radius 3 is 2.53 bits per heavy atom. The normalized spacial score (nSPS) is 18.1. The lowest BCUT2D eigenvalue weighted by molar-refractivity contribution is 0.312. The Morgan fingerprint density at radius 1 is 1.09 bits per heavy atom.